The number of hydrogen-bond acceptors (Lipinski definition) is 2. The Hall–Kier alpha value is -0.0800. The normalized spacial score (nSPS) is 30.0. The van der Waals surface area contributed by atoms with Gasteiger partial charge in [-0.15, -0.1) is 0 Å². The van der Waals surface area contributed by atoms with Gasteiger partial charge >= 0.3 is 0 Å². The summed E-state index contributed by atoms with van der Waals surface area (Å²) in [7, 11) is 0. The number of ether oxygens (including phenoxy) is 1. The van der Waals surface area contributed by atoms with Gasteiger partial charge in [-0.25, -0.2) is 0 Å². The third-order valence-electron chi connectivity index (χ3n) is 3.10. The zero-order valence-electron chi connectivity index (χ0n) is 8.43. The summed E-state index contributed by atoms with van der Waals surface area (Å²) in [6.07, 6.45) is 6.82. The molecule has 1 saturated heterocycles. The second-order valence-corrected chi connectivity index (χ2v) is 4.53. The van der Waals surface area contributed by atoms with Gasteiger partial charge < -0.3 is 10.1 Å². The highest BCUT2D eigenvalue weighted by atomic mass is 16.5. The zero-order valence-corrected chi connectivity index (χ0v) is 8.43. The van der Waals surface area contributed by atoms with E-state index < -0.39 is 0 Å². The van der Waals surface area contributed by atoms with E-state index in [0.29, 0.717) is 0 Å². The van der Waals surface area contributed by atoms with Crippen molar-refractivity contribution < 1.29 is 4.74 Å². The smallest absolute Gasteiger partial charge is 0.0494 e. The van der Waals surface area contributed by atoms with Crippen molar-refractivity contribution in [2.45, 2.75) is 32.1 Å². The first-order valence-electron chi connectivity index (χ1n) is 5.73. The molecule has 0 radical (unpaired) electrons. The van der Waals surface area contributed by atoms with E-state index in [1.54, 1.807) is 0 Å². The Morgan fingerprint density at radius 1 is 0.923 bits per heavy atom. The fraction of sp³-hybridized carbons (Fsp3) is 1.00. The molecule has 1 saturated carbocycles. The van der Waals surface area contributed by atoms with E-state index in [1.807, 2.05) is 0 Å². The predicted octanol–water partition coefficient (Wildman–Crippen LogP) is 1.80. The Bertz CT molecular complexity index is 137. The topological polar surface area (TPSA) is 21.3 Å². The van der Waals surface area contributed by atoms with E-state index in [9.17, 15) is 0 Å². The van der Waals surface area contributed by atoms with Crippen LogP contribution in [0.15, 0.2) is 0 Å². The van der Waals surface area contributed by atoms with Crippen LogP contribution in [0.3, 0.4) is 0 Å². The summed E-state index contributed by atoms with van der Waals surface area (Å²) in [6, 6.07) is 0. The summed E-state index contributed by atoms with van der Waals surface area (Å²) in [5.41, 5.74) is 0. The molecule has 1 unspecified atom stereocenters. The Morgan fingerprint density at radius 2 is 1.69 bits per heavy atom. The first kappa shape index (κ1) is 9.47. The zero-order chi connectivity index (χ0) is 8.93. The van der Waals surface area contributed by atoms with Crippen molar-refractivity contribution in [3.05, 3.63) is 0 Å². The molecule has 2 fully saturated rings. The van der Waals surface area contributed by atoms with Gasteiger partial charge in [-0.2, -0.15) is 0 Å². The molecule has 1 aliphatic heterocycles. The Balaban J connectivity index is 1.55. The maximum absolute atomic E-state index is 5.72. The predicted molar refractivity (Wildman–Crippen MR) is 53.8 cm³/mol. The minimum absolute atomic E-state index is 0.828. The van der Waals surface area contributed by atoms with Crippen molar-refractivity contribution in [2.24, 2.45) is 11.8 Å². The summed E-state index contributed by atoms with van der Waals surface area (Å²) < 4.78 is 5.72. The highest BCUT2D eigenvalue weighted by Crippen LogP contribution is 2.29. The summed E-state index contributed by atoms with van der Waals surface area (Å²) in [5, 5.41) is 3.43. The lowest BCUT2D eigenvalue weighted by atomic mass is 10.0. The minimum Gasteiger partial charge on any atom is -0.381 e. The number of hydrogen-bond donors (Lipinski definition) is 1. The molecular weight excluding hydrogens is 162 g/mol. The van der Waals surface area contributed by atoms with Gasteiger partial charge in [-0.05, 0) is 57.0 Å². The van der Waals surface area contributed by atoms with Crippen LogP contribution in [-0.2, 0) is 4.74 Å². The van der Waals surface area contributed by atoms with Crippen molar-refractivity contribution in [2.75, 3.05) is 26.3 Å². The number of nitrogens with one attached hydrogen (secondary N) is 1. The molecule has 0 amide bonds. The van der Waals surface area contributed by atoms with Crippen molar-refractivity contribution in [1.29, 1.82) is 0 Å². The third-order valence-corrected chi connectivity index (χ3v) is 3.10. The summed E-state index contributed by atoms with van der Waals surface area (Å²) in [4.78, 5) is 0. The fourth-order valence-corrected chi connectivity index (χ4v) is 1.94. The minimum atomic E-state index is 0.828. The van der Waals surface area contributed by atoms with Crippen LogP contribution in [0.25, 0.3) is 0 Å². The summed E-state index contributed by atoms with van der Waals surface area (Å²) in [6.45, 7) is 4.44. The average molecular weight is 183 g/mol. The highest BCUT2D eigenvalue weighted by molar-refractivity contribution is 4.73. The van der Waals surface area contributed by atoms with Gasteiger partial charge in [0.1, 0.15) is 0 Å². The lowest BCUT2D eigenvalue weighted by molar-refractivity contribution is 0.0872. The molecule has 2 aliphatic rings. The SMILES string of the molecule is C1CNCCC(COCC2CC2)C1. The quantitative estimate of drug-likeness (QED) is 0.717. The van der Waals surface area contributed by atoms with E-state index in [1.165, 1.54) is 45.2 Å². The lowest BCUT2D eigenvalue weighted by Crippen LogP contribution is -2.15. The van der Waals surface area contributed by atoms with Crippen LogP contribution >= 0.6 is 0 Å². The van der Waals surface area contributed by atoms with E-state index in [4.69, 9.17) is 4.74 Å². The Kier molecular flexibility index (Phi) is 3.62. The van der Waals surface area contributed by atoms with Crippen molar-refractivity contribution >= 4 is 0 Å². The van der Waals surface area contributed by atoms with Crippen LogP contribution in [0.4, 0.5) is 0 Å². The molecule has 2 rings (SSSR count). The first-order valence-corrected chi connectivity index (χ1v) is 5.73. The molecule has 1 aliphatic carbocycles. The van der Waals surface area contributed by atoms with Crippen LogP contribution < -0.4 is 5.32 Å². The molecule has 0 aromatic rings. The van der Waals surface area contributed by atoms with E-state index in [-0.39, 0.29) is 0 Å². The monoisotopic (exact) mass is 183 g/mol. The molecule has 76 valence electrons. The number of rotatable bonds is 4. The van der Waals surface area contributed by atoms with Gasteiger partial charge in [0, 0.05) is 13.2 Å². The second-order valence-electron chi connectivity index (χ2n) is 4.53. The molecule has 0 spiro atoms. The molecule has 0 aromatic heterocycles. The van der Waals surface area contributed by atoms with Gasteiger partial charge in [0.2, 0.25) is 0 Å². The molecule has 0 bridgehead atoms. The van der Waals surface area contributed by atoms with Gasteiger partial charge in [0.05, 0.1) is 0 Å². The highest BCUT2D eigenvalue weighted by Gasteiger charge is 2.21. The molecule has 1 heterocycles. The molecule has 1 N–H and O–H groups in total. The van der Waals surface area contributed by atoms with Gasteiger partial charge in [0.15, 0.2) is 0 Å². The molecule has 2 heteroatoms. The van der Waals surface area contributed by atoms with E-state index >= 15 is 0 Å². The third kappa shape index (κ3) is 3.65. The maximum atomic E-state index is 5.72. The van der Waals surface area contributed by atoms with Crippen molar-refractivity contribution in [3.63, 3.8) is 0 Å². The molecular formula is C11H21NO. The van der Waals surface area contributed by atoms with Crippen LogP contribution in [0.5, 0.6) is 0 Å². The van der Waals surface area contributed by atoms with Crippen LogP contribution in [-0.4, -0.2) is 26.3 Å². The van der Waals surface area contributed by atoms with Crippen molar-refractivity contribution in [1.82, 2.24) is 5.32 Å². The Labute approximate surface area is 81.0 Å². The first-order chi connectivity index (χ1) is 6.45. The second kappa shape index (κ2) is 4.97. The van der Waals surface area contributed by atoms with E-state index in [2.05, 4.69) is 5.32 Å². The van der Waals surface area contributed by atoms with Crippen LogP contribution in [0.2, 0.25) is 0 Å². The van der Waals surface area contributed by atoms with Gasteiger partial charge in [-0.3, -0.25) is 0 Å². The van der Waals surface area contributed by atoms with Crippen LogP contribution in [0.1, 0.15) is 32.1 Å². The largest absolute Gasteiger partial charge is 0.381 e. The Morgan fingerprint density at radius 3 is 2.46 bits per heavy atom. The fourth-order valence-electron chi connectivity index (χ4n) is 1.94. The standard InChI is InChI=1S/C11H21NO/c1-2-10(5-7-12-6-1)8-13-9-11-3-4-11/h10-12H,1-9H2. The maximum Gasteiger partial charge on any atom is 0.0494 e. The molecule has 0 aromatic carbocycles. The van der Waals surface area contributed by atoms with Crippen molar-refractivity contribution in [3.8, 4) is 0 Å². The summed E-state index contributed by atoms with van der Waals surface area (Å²) >= 11 is 0. The summed E-state index contributed by atoms with van der Waals surface area (Å²) in [5.74, 6) is 1.75. The molecule has 13 heavy (non-hydrogen) atoms. The molecule has 1 atom stereocenters. The molecule has 2 nitrogen and oxygen atoms in total. The van der Waals surface area contributed by atoms with E-state index in [0.717, 1.165) is 25.0 Å². The van der Waals surface area contributed by atoms with Gasteiger partial charge in [-0.1, -0.05) is 0 Å². The lowest BCUT2D eigenvalue weighted by Gasteiger charge is -2.13. The van der Waals surface area contributed by atoms with Crippen LogP contribution in [0, 0.1) is 11.8 Å². The van der Waals surface area contributed by atoms with Gasteiger partial charge in [0.25, 0.3) is 0 Å². The average Bonchev–Trinajstić information content (AvgIpc) is 2.91.